The highest BCUT2D eigenvalue weighted by atomic mass is 16.2. The Labute approximate surface area is 121 Å². The van der Waals surface area contributed by atoms with E-state index in [9.17, 15) is 4.79 Å². The van der Waals surface area contributed by atoms with Gasteiger partial charge < -0.3 is 10.6 Å². The van der Waals surface area contributed by atoms with Crippen LogP contribution in [-0.2, 0) is 11.8 Å². The first kappa shape index (κ1) is 15.0. The molecule has 1 aliphatic rings. The highest BCUT2D eigenvalue weighted by Gasteiger charge is 2.34. The largest absolute Gasteiger partial charge is 0.334 e. The van der Waals surface area contributed by atoms with Crippen molar-refractivity contribution in [2.24, 2.45) is 18.7 Å². The SMILES string of the molecule is Cc1nn(C)cc1C1C(N)CCCC(=O)N1CC(C)C. The second kappa shape index (κ2) is 5.95. The highest BCUT2D eigenvalue weighted by molar-refractivity contribution is 5.77. The molecule has 20 heavy (non-hydrogen) atoms. The first-order valence-electron chi connectivity index (χ1n) is 7.45. The molecule has 112 valence electrons. The minimum atomic E-state index is -0.0406. The molecule has 0 radical (unpaired) electrons. The van der Waals surface area contributed by atoms with Gasteiger partial charge in [0, 0.05) is 37.8 Å². The molecule has 0 aromatic carbocycles. The van der Waals surface area contributed by atoms with Crippen molar-refractivity contribution < 1.29 is 4.79 Å². The van der Waals surface area contributed by atoms with Gasteiger partial charge in [0.1, 0.15) is 0 Å². The third kappa shape index (κ3) is 3.03. The Kier molecular flexibility index (Phi) is 4.48. The van der Waals surface area contributed by atoms with Gasteiger partial charge in [-0.1, -0.05) is 13.8 Å². The van der Waals surface area contributed by atoms with E-state index < -0.39 is 0 Å². The molecule has 2 rings (SSSR count). The molecule has 0 spiro atoms. The summed E-state index contributed by atoms with van der Waals surface area (Å²) in [5.74, 6) is 0.656. The van der Waals surface area contributed by atoms with E-state index in [1.165, 1.54) is 0 Å². The van der Waals surface area contributed by atoms with Crippen molar-refractivity contribution in [1.29, 1.82) is 0 Å². The molecule has 1 saturated heterocycles. The summed E-state index contributed by atoms with van der Waals surface area (Å²) in [5.41, 5.74) is 8.45. The lowest BCUT2D eigenvalue weighted by molar-refractivity contribution is -0.133. The fourth-order valence-corrected chi connectivity index (χ4v) is 3.09. The average Bonchev–Trinajstić information content (AvgIpc) is 2.60. The molecule has 2 heterocycles. The van der Waals surface area contributed by atoms with Crippen LogP contribution in [0.3, 0.4) is 0 Å². The van der Waals surface area contributed by atoms with Gasteiger partial charge in [-0.05, 0) is 25.7 Å². The van der Waals surface area contributed by atoms with Gasteiger partial charge in [-0.3, -0.25) is 9.48 Å². The van der Waals surface area contributed by atoms with Crippen LogP contribution in [-0.4, -0.2) is 33.2 Å². The Morgan fingerprint density at radius 3 is 2.75 bits per heavy atom. The van der Waals surface area contributed by atoms with Crippen LogP contribution in [0.2, 0.25) is 0 Å². The maximum absolute atomic E-state index is 12.4. The monoisotopic (exact) mass is 278 g/mol. The van der Waals surface area contributed by atoms with E-state index in [1.54, 1.807) is 4.68 Å². The number of carbonyl (C=O) groups is 1. The summed E-state index contributed by atoms with van der Waals surface area (Å²) in [6.45, 7) is 7.02. The molecule has 1 fully saturated rings. The smallest absolute Gasteiger partial charge is 0.223 e. The maximum Gasteiger partial charge on any atom is 0.223 e. The molecule has 0 bridgehead atoms. The molecule has 2 N–H and O–H groups in total. The summed E-state index contributed by atoms with van der Waals surface area (Å²) >= 11 is 0. The molecule has 2 unspecified atom stereocenters. The number of rotatable bonds is 3. The number of amides is 1. The zero-order valence-corrected chi connectivity index (χ0v) is 13.0. The van der Waals surface area contributed by atoms with Crippen LogP contribution in [0.15, 0.2) is 6.20 Å². The van der Waals surface area contributed by atoms with Crippen LogP contribution in [0.25, 0.3) is 0 Å². The maximum atomic E-state index is 12.4. The molecule has 1 aromatic heterocycles. The highest BCUT2D eigenvalue weighted by Crippen LogP contribution is 2.32. The van der Waals surface area contributed by atoms with E-state index in [4.69, 9.17) is 5.73 Å². The number of carbonyl (C=O) groups excluding carboxylic acids is 1. The third-order valence-electron chi connectivity index (χ3n) is 3.92. The molecule has 5 heteroatoms. The summed E-state index contributed by atoms with van der Waals surface area (Å²) in [4.78, 5) is 14.4. The second-order valence-corrected chi connectivity index (χ2v) is 6.28. The van der Waals surface area contributed by atoms with Crippen molar-refractivity contribution >= 4 is 5.91 Å². The molecular weight excluding hydrogens is 252 g/mol. The van der Waals surface area contributed by atoms with Gasteiger partial charge in [-0.2, -0.15) is 5.10 Å². The normalized spacial score (nSPS) is 24.3. The number of hydrogen-bond acceptors (Lipinski definition) is 3. The molecule has 1 aromatic rings. The van der Waals surface area contributed by atoms with Gasteiger partial charge in [0.05, 0.1) is 11.7 Å². The molecule has 0 saturated carbocycles. The van der Waals surface area contributed by atoms with Gasteiger partial charge >= 0.3 is 0 Å². The van der Waals surface area contributed by atoms with E-state index >= 15 is 0 Å². The van der Waals surface area contributed by atoms with E-state index in [2.05, 4.69) is 18.9 Å². The van der Waals surface area contributed by atoms with E-state index in [-0.39, 0.29) is 18.0 Å². The van der Waals surface area contributed by atoms with Gasteiger partial charge in [-0.25, -0.2) is 0 Å². The lowest BCUT2D eigenvalue weighted by Crippen LogP contribution is -2.44. The van der Waals surface area contributed by atoms with Crippen molar-refractivity contribution in [2.75, 3.05) is 6.54 Å². The zero-order valence-electron chi connectivity index (χ0n) is 13.0. The standard InChI is InChI=1S/C15H26N4O/c1-10(2)8-19-14(20)7-5-6-13(16)15(19)12-9-18(4)17-11(12)3/h9-10,13,15H,5-8,16H2,1-4H3. The van der Waals surface area contributed by atoms with Gasteiger partial charge in [0.25, 0.3) is 0 Å². The molecule has 1 aliphatic heterocycles. The van der Waals surface area contributed by atoms with Crippen molar-refractivity contribution in [3.05, 3.63) is 17.5 Å². The van der Waals surface area contributed by atoms with Crippen LogP contribution in [0.5, 0.6) is 0 Å². The van der Waals surface area contributed by atoms with E-state index in [1.807, 2.05) is 25.1 Å². The number of aryl methyl sites for hydroxylation is 2. The quantitative estimate of drug-likeness (QED) is 0.916. The summed E-state index contributed by atoms with van der Waals surface area (Å²) in [6, 6.07) is -0.0517. The van der Waals surface area contributed by atoms with Gasteiger partial charge in [-0.15, -0.1) is 0 Å². The predicted molar refractivity (Wildman–Crippen MR) is 79.1 cm³/mol. The fourth-order valence-electron chi connectivity index (χ4n) is 3.09. The Morgan fingerprint density at radius 2 is 2.20 bits per heavy atom. The van der Waals surface area contributed by atoms with Gasteiger partial charge in [0.2, 0.25) is 5.91 Å². The Bertz CT molecular complexity index is 480. The minimum absolute atomic E-state index is 0.0110. The van der Waals surface area contributed by atoms with Crippen LogP contribution in [0.1, 0.15) is 50.4 Å². The Balaban J connectivity index is 2.40. The van der Waals surface area contributed by atoms with Crippen LogP contribution in [0.4, 0.5) is 0 Å². The van der Waals surface area contributed by atoms with E-state index in [0.29, 0.717) is 12.3 Å². The first-order valence-corrected chi connectivity index (χ1v) is 7.45. The average molecular weight is 278 g/mol. The first-order chi connectivity index (χ1) is 9.40. The molecule has 5 nitrogen and oxygen atoms in total. The predicted octanol–water partition coefficient (Wildman–Crippen LogP) is 1.77. The fraction of sp³-hybridized carbons (Fsp3) is 0.733. The van der Waals surface area contributed by atoms with Crippen molar-refractivity contribution in [2.45, 2.75) is 52.1 Å². The molecule has 2 atom stereocenters. The zero-order chi connectivity index (χ0) is 14.9. The van der Waals surface area contributed by atoms with Crippen molar-refractivity contribution in [1.82, 2.24) is 14.7 Å². The van der Waals surface area contributed by atoms with Crippen molar-refractivity contribution in [3.63, 3.8) is 0 Å². The molecule has 1 amide bonds. The van der Waals surface area contributed by atoms with Crippen molar-refractivity contribution in [3.8, 4) is 0 Å². The van der Waals surface area contributed by atoms with Crippen LogP contribution < -0.4 is 5.73 Å². The number of nitrogens with two attached hydrogens (primary N) is 1. The van der Waals surface area contributed by atoms with Crippen LogP contribution in [0, 0.1) is 12.8 Å². The molecular formula is C15H26N4O. The minimum Gasteiger partial charge on any atom is -0.334 e. The molecule has 0 aliphatic carbocycles. The third-order valence-corrected chi connectivity index (χ3v) is 3.92. The van der Waals surface area contributed by atoms with E-state index in [0.717, 1.165) is 30.6 Å². The summed E-state index contributed by atoms with van der Waals surface area (Å²) in [5, 5.41) is 4.41. The summed E-state index contributed by atoms with van der Waals surface area (Å²) in [6.07, 6.45) is 4.38. The lowest BCUT2D eigenvalue weighted by atomic mass is 9.96. The second-order valence-electron chi connectivity index (χ2n) is 6.28. The Hall–Kier alpha value is -1.36. The summed E-state index contributed by atoms with van der Waals surface area (Å²) < 4.78 is 1.81. The van der Waals surface area contributed by atoms with Crippen LogP contribution >= 0.6 is 0 Å². The number of likely N-dealkylation sites (tertiary alicyclic amines) is 1. The lowest BCUT2D eigenvalue weighted by Gasteiger charge is -2.34. The number of nitrogens with zero attached hydrogens (tertiary/aromatic N) is 3. The van der Waals surface area contributed by atoms with Gasteiger partial charge in [0.15, 0.2) is 0 Å². The Morgan fingerprint density at radius 1 is 1.50 bits per heavy atom. The number of aromatic nitrogens is 2. The summed E-state index contributed by atoms with van der Waals surface area (Å²) in [7, 11) is 1.91. The number of hydrogen-bond donors (Lipinski definition) is 1. The topological polar surface area (TPSA) is 64.2 Å².